The number of nitrogens with one attached hydrogen (secondary N) is 4. The third-order valence-corrected chi connectivity index (χ3v) is 4.64. The standard InChI is InChI=1S/C18H15ClN8O2/c19-10-2-1-3-12(7-10)21-16-24-14-9(6-13-15(28)25-18(29)23-13)8-20-27(14)17(26-16)22-11-4-5-11/h1-3,6-8,11H,4-5H2,(H2,21,22,24,26)(H2,23,25,28,29). The minimum Gasteiger partial charge on any atom is -0.351 e. The number of rotatable bonds is 5. The van der Waals surface area contributed by atoms with Gasteiger partial charge in [0.1, 0.15) is 5.70 Å². The van der Waals surface area contributed by atoms with Crippen LogP contribution in [0.1, 0.15) is 18.4 Å². The summed E-state index contributed by atoms with van der Waals surface area (Å²) in [6.45, 7) is 0. The number of carbonyl (C=O) groups excluding carboxylic acids is 2. The molecule has 2 aromatic heterocycles. The Balaban J connectivity index is 1.57. The first-order valence-electron chi connectivity index (χ1n) is 8.94. The average molecular weight is 411 g/mol. The maximum Gasteiger partial charge on any atom is 0.326 e. The lowest BCUT2D eigenvalue weighted by Crippen LogP contribution is -2.22. The van der Waals surface area contributed by atoms with Crippen molar-refractivity contribution < 1.29 is 9.59 Å². The van der Waals surface area contributed by atoms with E-state index in [4.69, 9.17) is 11.6 Å². The smallest absolute Gasteiger partial charge is 0.326 e. The van der Waals surface area contributed by atoms with Gasteiger partial charge in [-0.3, -0.25) is 10.1 Å². The lowest BCUT2D eigenvalue weighted by atomic mass is 10.2. The summed E-state index contributed by atoms with van der Waals surface area (Å²) in [6, 6.07) is 7.00. The second-order valence-electron chi connectivity index (χ2n) is 6.73. The van der Waals surface area contributed by atoms with Crippen LogP contribution >= 0.6 is 11.6 Å². The summed E-state index contributed by atoms with van der Waals surface area (Å²) >= 11 is 6.06. The van der Waals surface area contributed by atoms with Crippen LogP contribution in [-0.2, 0) is 4.79 Å². The monoisotopic (exact) mass is 410 g/mol. The number of amides is 3. The van der Waals surface area contributed by atoms with Crippen molar-refractivity contribution >= 4 is 52.8 Å². The van der Waals surface area contributed by atoms with Gasteiger partial charge in [0, 0.05) is 22.3 Å². The van der Waals surface area contributed by atoms with Crippen LogP contribution in [0.5, 0.6) is 0 Å². The van der Waals surface area contributed by atoms with Gasteiger partial charge in [0.05, 0.1) is 6.20 Å². The highest BCUT2D eigenvalue weighted by Gasteiger charge is 2.26. The second-order valence-corrected chi connectivity index (χ2v) is 7.16. The molecule has 2 aliphatic rings. The summed E-state index contributed by atoms with van der Waals surface area (Å²) < 4.78 is 1.57. The Hall–Kier alpha value is -3.66. The van der Waals surface area contributed by atoms with Crippen LogP contribution in [0.2, 0.25) is 5.02 Å². The van der Waals surface area contributed by atoms with E-state index < -0.39 is 11.9 Å². The van der Waals surface area contributed by atoms with E-state index >= 15 is 0 Å². The fraction of sp³-hybridized carbons (Fsp3) is 0.167. The molecule has 146 valence electrons. The molecule has 29 heavy (non-hydrogen) atoms. The van der Waals surface area contributed by atoms with Gasteiger partial charge in [-0.05, 0) is 37.1 Å². The fourth-order valence-corrected chi connectivity index (χ4v) is 3.08. The number of aromatic nitrogens is 4. The van der Waals surface area contributed by atoms with Crippen molar-refractivity contribution in [2.24, 2.45) is 0 Å². The van der Waals surface area contributed by atoms with Crippen LogP contribution < -0.4 is 21.3 Å². The van der Waals surface area contributed by atoms with E-state index in [1.165, 1.54) is 6.08 Å². The van der Waals surface area contributed by atoms with Crippen LogP contribution in [0.15, 0.2) is 36.2 Å². The molecule has 0 spiro atoms. The van der Waals surface area contributed by atoms with E-state index in [9.17, 15) is 9.59 Å². The summed E-state index contributed by atoms with van der Waals surface area (Å²) in [6.07, 6.45) is 5.22. The van der Waals surface area contributed by atoms with Crippen LogP contribution in [-0.4, -0.2) is 37.6 Å². The van der Waals surface area contributed by atoms with Crippen molar-refractivity contribution in [2.75, 3.05) is 10.6 Å². The molecule has 1 saturated carbocycles. The molecule has 3 heterocycles. The molecular formula is C18H15ClN8O2. The lowest BCUT2D eigenvalue weighted by Gasteiger charge is -2.10. The Kier molecular flexibility index (Phi) is 4.06. The zero-order chi connectivity index (χ0) is 20.0. The van der Waals surface area contributed by atoms with Gasteiger partial charge in [0.25, 0.3) is 5.91 Å². The molecule has 0 radical (unpaired) electrons. The molecule has 0 bridgehead atoms. The SMILES string of the molecule is O=C1NC(=O)C(=Cc2cnn3c(NC4CC4)nc(Nc4cccc(Cl)c4)nc23)N1. The molecule has 1 saturated heterocycles. The molecule has 3 amide bonds. The number of hydrogen-bond acceptors (Lipinski definition) is 7. The van der Waals surface area contributed by atoms with E-state index in [0.717, 1.165) is 18.5 Å². The molecule has 1 aliphatic heterocycles. The minimum absolute atomic E-state index is 0.129. The Morgan fingerprint density at radius 2 is 2.07 bits per heavy atom. The fourth-order valence-electron chi connectivity index (χ4n) is 2.89. The maximum atomic E-state index is 11.8. The topological polar surface area (TPSA) is 125 Å². The van der Waals surface area contributed by atoms with E-state index in [1.54, 1.807) is 22.8 Å². The molecular weight excluding hydrogens is 396 g/mol. The van der Waals surface area contributed by atoms with Gasteiger partial charge in [0.2, 0.25) is 11.9 Å². The summed E-state index contributed by atoms with van der Waals surface area (Å²) in [5.74, 6) is 0.381. The van der Waals surface area contributed by atoms with Crippen molar-refractivity contribution in [3.8, 4) is 0 Å². The molecule has 1 aromatic carbocycles. The Morgan fingerprint density at radius 1 is 1.21 bits per heavy atom. The average Bonchev–Trinajstić information content (AvgIpc) is 3.31. The predicted octanol–water partition coefficient (Wildman–Crippen LogP) is 2.28. The van der Waals surface area contributed by atoms with Gasteiger partial charge in [-0.25, -0.2) is 4.79 Å². The molecule has 3 aromatic rings. The summed E-state index contributed by atoms with van der Waals surface area (Å²) in [5.41, 5.74) is 1.91. The number of carbonyl (C=O) groups is 2. The van der Waals surface area contributed by atoms with Crippen molar-refractivity contribution in [3.05, 3.63) is 46.7 Å². The molecule has 2 fully saturated rings. The normalized spacial score (nSPS) is 17.5. The zero-order valence-corrected chi connectivity index (χ0v) is 15.7. The van der Waals surface area contributed by atoms with Crippen molar-refractivity contribution in [1.82, 2.24) is 30.2 Å². The highest BCUT2D eigenvalue weighted by Crippen LogP contribution is 2.26. The predicted molar refractivity (Wildman–Crippen MR) is 107 cm³/mol. The first-order chi connectivity index (χ1) is 14.0. The number of urea groups is 1. The first kappa shape index (κ1) is 17.4. The molecule has 10 nitrogen and oxygen atoms in total. The molecule has 1 aliphatic carbocycles. The summed E-state index contributed by atoms with van der Waals surface area (Å²) in [4.78, 5) is 32.3. The highest BCUT2D eigenvalue weighted by molar-refractivity contribution is 6.30. The molecule has 11 heteroatoms. The van der Waals surface area contributed by atoms with Crippen molar-refractivity contribution in [3.63, 3.8) is 0 Å². The number of fused-ring (bicyclic) bond motifs is 1. The van der Waals surface area contributed by atoms with Crippen LogP contribution in [0.3, 0.4) is 0 Å². The first-order valence-corrected chi connectivity index (χ1v) is 9.32. The van der Waals surface area contributed by atoms with Gasteiger partial charge in [-0.15, -0.1) is 0 Å². The van der Waals surface area contributed by atoms with Gasteiger partial charge in [-0.2, -0.15) is 19.6 Å². The minimum atomic E-state index is -0.563. The van der Waals surface area contributed by atoms with E-state index in [0.29, 0.717) is 34.2 Å². The third kappa shape index (κ3) is 3.57. The lowest BCUT2D eigenvalue weighted by molar-refractivity contribution is -0.115. The van der Waals surface area contributed by atoms with E-state index in [-0.39, 0.29) is 5.70 Å². The van der Waals surface area contributed by atoms with E-state index in [1.807, 2.05) is 12.1 Å². The number of benzene rings is 1. The summed E-state index contributed by atoms with van der Waals surface area (Å²) in [7, 11) is 0. The largest absolute Gasteiger partial charge is 0.351 e. The summed E-state index contributed by atoms with van der Waals surface area (Å²) in [5, 5.41) is 16.0. The van der Waals surface area contributed by atoms with Crippen molar-refractivity contribution in [2.45, 2.75) is 18.9 Å². The van der Waals surface area contributed by atoms with Crippen LogP contribution in [0, 0.1) is 0 Å². The number of hydrogen-bond donors (Lipinski definition) is 4. The van der Waals surface area contributed by atoms with Crippen molar-refractivity contribution in [1.29, 1.82) is 0 Å². The third-order valence-electron chi connectivity index (χ3n) is 4.41. The van der Waals surface area contributed by atoms with Gasteiger partial charge < -0.3 is 16.0 Å². The quantitative estimate of drug-likeness (QED) is 0.375. The second kappa shape index (κ2) is 6.74. The number of halogens is 1. The van der Waals surface area contributed by atoms with Gasteiger partial charge in [-0.1, -0.05) is 17.7 Å². The van der Waals surface area contributed by atoms with Crippen LogP contribution in [0.4, 0.5) is 22.4 Å². The molecule has 0 atom stereocenters. The number of imide groups is 1. The zero-order valence-electron chi connectivity index (χ0n) is 14.9. The Bertz CT molecular complexity index is 1180. The Morgan fingerprint density at radius 3 is 2.79 bits per heavy atom. The number of nitrogens with zero attached hydrogens (tertiary/aromatic N) is 4. The molecule has 4 N–H and O–H groups in total. The highest BCUT2D eigenvalue weighted by atomic mass is 35.5. The van der Waals surface area contributed by atoms with Gasteiger partial charge >= 0.3 is 6.03 Å². The Labute approximate surface area is 169 Å². The molecule has 0 unspecified atom stereocenters. The maximum absolute atomic E-state index is 11.8. The number of anilines is 3. The van der Waals surface area contributed by atoms with Gasteiger partial charge in [0.15, 0.2) is 5.65 Å². The molecule has 5 rings (SSSR count). The van der Waals surface area contributed by atoms with E-state index in [2.05, 4.69) is 36.3 Å². The van der Waals surface area contributed by atoms with Crippen LogP contribution in [0.25, 0.3) is 11.7 Å².